The number of hydrogen-bond donors (Lipinski definition) is 1. The molecule has 1 heterocycles. The van der Waals surface area contributed by atoms with Gasteiger partial charge in [0.25, 0.3) is 0 Å². The summed E-state index contributed by atoms with van der Waals surface area (Å²) in [6, 6.07) is 4.93. The lowest BCUT2D eigenvalue weighted by Crippen LogP contribution is -1.98. The Labute approximate surface area is 92.7 Å². The monoisotopic (exact) mass is 209 g/mol. The molecular formula is C13H23NO. The van der Waals surface area contributed by atoms with Gasteiger partial charge in [-0.3, -0.25) is 4.79 Å². The molecule has 0 aromatic carbocycles. The minimum absolute atomic E-state index is 0.0532. The van der Waals surface area contributed by atoms with Crippen LogP contribution in [-0.2, 0) is 0 Å². The van der Waals surface area contributed by atoms with Crippen molar-refractivity contribution in [3.8, 4) is 0 Å². The number of unbranched alkanes of at least 4 members (excludes halogenated alkanes) is 5. The fourth-order valence-electron chi connectivity index (χ4n) is 1.23. The fourth-order valence-corrected chi connectivity index (χ4v) is 1.23. The number of H-pyrrole nitrogens is 1. The molecule has 0 bridgehead atoms. The zero-order valence-electron chi connectivity index (χ0n) is 9.96. The standard InChI is InChI=1S/C8H18.C5H5NO/c1-3-5-7-8-6-4-2;7-5-3-1-2-4-6-5/h3-8H2,1-2H3;1-4H,(H,6,7). The van der Waals surface area contributed by atoms with Crippen LogP contribution in [0.5, 0.6) is 0 Å². The van der Waals surface area contributed by atoms with Crippen molar-refractivity contribution in [3.63, 3.8) is 0 Å². The Hall–Kier alpha value is -1.05. The normalized spacial score (nSPS) is 9.20. The molecule has 0 amide bonds. The van der Waals surface area contributed by atoms with Crippen LogP contribution in [0.15, 0.2) is 29.2 Å². The number of hydrogen-bond acceptors (Lipinski definition) is 1. The van der Waals surface area contributed by atoms with Crippen LogP contribution in [0.1, 0.15) is 52.4 Å². The van der Waals surface area contributed by atoms with E-state index in [1.54, 1.807) is 18.3 Å². The predicted molar refractivity (Wildman–Crippen MR) is 66.1 cm³/mol. The maximum atomic E-state index is 10.2. The first-order valence-corrected chi connectivity index (χ1v) is 5.95. The van der Waals surface area contributed by atoms with Gasteiger partial charge in [0.2, 0.25) is 5.56 Å². The van der Waals surface area contributed by atoms with Crippen LogP contribution in [0, 0.1) is 0 Å². The summed E-state index contributed by atoms with van der Waals surface area (Å²) in [5.41, 5.74) is -0.0532. The Kier molecular flexibility index (Phi) is 10.3. The van der Waals surface area contributed by atoms with Crippen molar-refractivity contribution in [2.45, 2.75) is 52.4 Å². The van der Waals surface area contributed by atoms with E-state index in [1.165, 1.54) is 44.6 Å². The van der Waals surface area contributed by atoms with E-state index in [9.17, 15) is 4.79 Å². The molecule has 15 heavy (non-hydrogen) atoms. The molecule has 1 N–H and O–H groups in total. The van der Waals surface area contributed by atoms with E-state index >= 15 is 0 Å². The van der Waals surface area contributed by atoms with Gasteiger partial charge in [0.15, 0.2) is 0 Å². The first-order valence-electron chi connectivity index (χ1n) is 5.95. The fraction of sp³-hybridized carbons (Fsp3) is 0.615. The summed E-state index contributed by atoms with van der Waals surface area (Å²) in [5.74, 6) is 0. The Morgan fingerprint density at radius 3 is 1.87 bits per heavy atom. The van der Waals surface area contributed by atoms with E-state index in [4.69, 9.17) is 0 Å². The van der Waals surface area contributed by atoms with Crippen molar-refractivity contribution in [2.75, 3.05) is 0 Å². The lowest BCUT2D eigenvalue weighted by Gasteiger charge is -1.93. The number of aromatic amines is 1. The lowest BCUT2D eigenvalue weighted by molar-refractivity contribution is 0.624. The molecule has 0 spiro atoms. The van der Waals surface area contributed by atoms with Crippen molar-refractivity contribution < 1.29 is 0 Å². The highest BCUT2D eigenvalue weighted by atomic mass is 16.1. The molecule has 1 aromatic rings. The van der Waals surface area contributed by atoms with E-state index in [0.29, 0.717) is 0 Å². The molecule has 0 saturated heterocycles. The van der Waals surface area contributed by atoms with E-state index in [-0.39, 0.29) is 5.56 Å². The molecular weight excluding hydrogens is 186 g/mol. The van der Waals surface area contributed by atoms with E-state index in [0.717, 1.165) is 0 Å². The molecule has 1 aromatic heterocycles. The van der Waals surface area contributed by atoms with Crippen molar-refractivity contribution in [3.05, 3.63) is 34.7 Å². The average molecular weight is 209 g/mol. The highest BCUT2D eigenvalue weighted by Gasteiger charge is 1.83. The van der Waals surface area contributed by atoms with Crippen molar-refractivity contribution in [1.82, 2.24) is 4.98 Å². The average Bonchev–Trinajstić information content (AvgIpc) is 2.27. The Morgan fingerprint density at radius 1 is 1.00 bits per heavy atom. The van der Waals surface area contributed by atoms with Crippen LogP contribution in [0.2, 0.25) is 0 Å². The van der Waals surface area contributed by atoms with Gasteiger partial charge in [-0.1, -0.05) is 58.4 Å². The SMILES string of the molecule is CCCCCCCC.O=c1cccc[nH]1. The second-order valence-corrected chi connectivity index (χ2v) is 3.64. The molecule has 0 aliphatic rings. The van der Waals surface area contributed by atoms with Gasteiger partial charge in [-0.25, -0.2) is 0 Å². The summed E-state index contributed by atoms with van der Waals surface area (Å²) in [6.07, 6.45) is 10.1. The molecule has 1 rings (SSSR count). The Morgan fingerprint density at radius 2 is 1.60 bits per heavy atom. The molecule has 0 saturated carbocycles. The van der Waals surface area contributed by atoms with Crippen LogP contribution < -0.4 is 5.56 Å². The lowest BCUT2D eigenvalue weighted by atomic mass is 10.1. The second kappa shape index (κ2) is 11.0. The highest BCUT2D eigenvalue weighted by molar-refractivity contribution is 4.89. The summed E-state index contributed by atoms with van der Waals surface area (Å²) in [5, 5.41) is 0. The van der Waals surface area contributed by atoms with Crippen molar-refractivity contribution in [1.29, 1.82) is 0 Å². The first kappa shape index (κ1) is 13.9. The topological polar surface area (TPSA) is 32.9 Å². The van der Waals surface area contributed by atoms with Crippen LogP contribution in [0.3, 0.4) is 0 Å². The van der Waals surface area contributed by atoms with Crippen LogP contribution in [0.4, 0.5) is 0 Å². The predicted octanol–water partition coefficient (Wildman–Crippen LogP) is 3.74. The summed E-state index contributed by atoms with van der Waals surface area (Å²) < 4.78 is 0. The minimum atomic E-state index is -0.0532. The molecule has 0 aliphatic heterocycles. The summed E-state index contributed by atoms with van der Waals surface area (Å²) in [4.78, 5) is 12.7. The molecule has 0 atom stereocenters. The highest BCUT2D eigenvalue weighted by Crippen LogP contribution is 2.03. The zero-order chi connectivity index (χ0) is 11.4. The van der Waals surface area contributed by atoms with Crippen molar-refractivity contribution in [2.24, 2.45) is 0 Å². The van der Waals surface area contributed by atoms with Gasteiger partial charge in [-0.2, -0.15) is 0 Å². The molecule has 0 aliphatic carbocycles. The third kappa shape index (κ3) is 10.9. The van der Waals surface area contributed by atoms with Gasteiger partial charge in [0, 0.05) is 12.3 Å². The number of nitrogens with one attached hydrogen (secondary N) is 1. The first-order chi connectivity index (χ1) is 7.31. The molecule has 0 fully saturated rings. The van der Waals surface area contributed by atoms with E-state index < -0.39 is 0 Å². The number of aromatic nitrogens is 1. The number of pyridine rings is 1. The molecule has 0 unspecified atom stereocenters. The van der Waals surface area contributed by atoms with E-state index in [1.807, 2.05) is 0 Å². The largest absolute Gasteiger partial charge is 0.329 e. The molecule has 0 radical (unpaired) electrons. The van der Waals surface area contributed by atoms with Crippen molar-refractivity contribution >= 4 is 0 Å². The van der Waals surface area contributed by atoms with Crippen LogP contribution in [-0.4, -0.2) is 4.98 Å². The maximum absolute atomic E-state index is 10.2. The third-order valence-corrected chi connectivity index (χ3v) is 2.14. The van der Waals surface area contributed by atoms with E-state index in [2.05, 4.69) is 18.8 Å². The molecule has 2 heteroatoms. The Bertz CT molecular complexity index is 244. The second-order valence-electron chi connectivity index (χ2n) is 3.64. The van der Waals surface area contributed by atoms with Crippen LogP contribution in [0.25, 0.3) is 0 Å². The molecule has 86 valence electrons. The zero-order valence-corrected chi connectivity index (χ0v) is 9.96. The summed E-state index contributed by atoms with van der Waals surface area (Å²) >= 11 is 0. The van der Waals surface area contributed by atoms with Gasteiger partial charge < -0.3 is 4.98 Å². The summed E-state index contributed by atoms with van der Waals surface area (Å²) in [7, 11) is 0. The van der Waals surface area contributed by atoms with Gasteiger partial charge in [-0.15, -0.1) is 0 Å². The van der Waals surface area contributed by atoms with Crippen LogP contribution >= 0.6 is 0 Å². The van der Waals surface area contributed by atoms with Gasteiger partial charge in [0.05, 0.1) is 0 Å². The summed E-state index contributed by atoms with van der Waals surface area (Å²) in [6.45, 7) is 4.51. The number of rotatable bonds is 5. The molecule has 2 nitrogen and oxygen atoms in total. The maximum Gasteiger partial charge on any atom is 0.247 e. The van der Waals surface area contributed by atoms with Gasteiger partial charge in [0.1, 0.15) is 0 Å². The third-order valence-electron chi connectivity index (χ3n) is 2.14. The van der Waals surface area contributed by atoms with Gasteiger partial charge in [-0.05, 0) is 6.07 Å². The quantitative estimate of drug-likeness (QED) is 0.736. The Balaban J connectivity index is 0.000000262. The smallest absolute Gasteiger partial charge is 0.247 e. The minimum Gasteiger partial charge on any atom is -0.329 e. The van der Waals surface area contributed by atoms with Gasteiger partial charge >= 0.3 is 0 Å².